The average Bonchev–Trinajstić information content (AvgIpc) is 2.33. The molecular formula is C10H16N4O3. The van der Waals surface area contributed by atoms with E-state index in [1.165, 1.54) is 14.2 Å². The number of nitrogen functional groups attached to an aromatic ring is 3. The summed E-state index contributed by atoms with van der Waals surface area (Å²) < 4.78 is 10.1. The molecule has 0 radical (unpaired) electrons. The Morgan fingerprint density at radius 1 is 1.00 bits per heavy atom. The van der Waals surface area contributed by atoms with E-state index in [4.69, 9.17) is 32.4 Å². The standard InChI is InChI=1S/C10H16N4O3/c1-16-9-7(13)5(4(15)3-11)6(12)8(14)10(9)17-2/h3,11-14H2,1-2H3. The third kappa shape index (κ3) is 1.92. The van der Waals surface area contributed by atoms with Crippen LogP contribution in [0.2, 0.25) is 0 Å². The maximum Gasteiger partial charge on any atom is 0.188 e. The molecule has 7 heteroatoms. The van der Waals surface area contributed by atoms with Crippen molar-refractivity contribution in [2.45, 2.75) is 0 Å². The highest BCUT2D eigenvalue weighted by Gasteiger charge is 2.24. The first kappa shape index (κ1) is 12.9. The molecule has 0 aromatic heterocycles. The first-order valence-electron chi connectivity index (χ1n) is 4.81. The van der Waals surface area contributed by atoms with Crippen molar-refractivity contribution >= 4 is 22.8 Å². The predicted octanol–water partition coefficient (Wildman–Crippen LogP) is -0.408. The van der Waals surface area contributed by atoms with Gasteiger partial charge in [-0.2, -0.15) is 0 Å². The predicted molar refractivity (Wildman–Crippen MR) is 66.2 cm³/mol. The van der Waals surface area contributed by atoms with E-state index in [1.807, 2.05) is 0 Å². The Labute approximate surface area is 98.6 Å². The Morgan fingerprint density at radius 3 is 1.88 bits per heavy atom. The number of hydrogen-bond acceptors (Lipinski definition) is 7. The molecule has 94 valence electrons. The van der Waals surface area contributed by atoms with Crippen LogP contribution in [0.3, 0.4) is 0 Å². The third-order valence-corrected chi connectivity index (χ3v) is 2.40. The molecule has 8 N–H and O–H groups in total. The van der Waals surface area contributed by atoms with Gasteiger partial charge in [-0.15, -0.1) is 0 Å². The number of Topliss-reactive ketones (excluding diaryl/α,β-unsaturated/α-hetero) is 1. The molecule has 1 rings (SSSR count). The van der Waals surface area contributed by atoms with Crippen LogP contribution < -0.4 is 32.4 Å². The second-order valence-electron chi connectivity index (χ2n) is 3.31. The second kappa shape index (κ2) is 4.79. The number of carbonyl (C=O) groups excluding carboxylic acids is 1. The first-order chi connectivity index (χ1) is 7.99. The fraction of sp³-hybridized carbons (Fsp3) is 0.300. The van der Waals surface area contributed by atoms with Gasteiger partial charge in [-0.1, -0.05) is 0 Å². The zero-order valence-corrected chi connectivity index (χ0v) is 9.74. The van der Waals surface area contributed by atoms with Crippen molar-refractivity contribution < 1.29 is 14.3 Å². The Bertz CT molecular complexity index is 460. The maximum absolute atomic E-state index is 11.6. The number of nitrogens with two attached hydrogens (primary N) is 4. The molecule has 0 bridgehead atoms. The van der Waals surface area contributed by atoms with Gasteiger partial charge in [0.25, 0.3) is 0 Å². The zero-order valence-electron chi connectivity index (χ0n) is 9.74. The van der Waals surface area contributed by atoms with Crippen molar-refractivity contribution in [3.63, 3.8) is 0 Å². The van der Waals surface area contributed by atoms with Gasteiger partial charge in [-0.25, -0.2) is 0 Å². The fourth-order valence-electron chi connectivity index (χ4n) is 1.57. The summed E-state index contributed by atoms with van der Waals surface area (Å²) in [5.41, 5.74) is 22.9. The molecular weight excluding hydrogens is 224 g/mol. The van der Waals surface area contributed by atoms with Crippen LogP contribution in [0.15, 0.2) is 0 Å². The molecule has 0 amide bonds. The highest BCUT2D eigenvalue weighted by molar-refractivity contribution is 6.11. The van der Waals surface area contributed by atoms with E-state index in [9.17, 15) is 4.79 Å². The number of carbonyl (C=O) groups is 1. The van der Waals surface area contributed by atoms with E-state index in [1.54, 1.807) is 0 Å². The minimum absolute atomic E-state index is 0.0515. The van der Waals surface area contributed by atoms with Crippen molar-refractivity contribution in [1.82, 2.24) is 0 Å². The molecule has 0 aliphatic heterocycles. The largest absolute Gasteiger partial charge is 0.491 e. The van der Waals surface area contributed by atoms with Crippen LogP contribution in [-0.2, 0) is 0 Å². The van der Waals surface area contributed by atoms with Crippen LogP contribution >= 0.6 is 0 Å². The van der Waals surface area contributed by atoms with Gasteiger partial charge in [0.2, 0.25) is 0 Å². The SMILES string of the molecule is COc1c(N)c(N)c(C(=O)CN)c(N)c1OC. The van der Waals surface area contributed by atoms with Crippen LogP contribution in [0.25, 0.3) is 0 Å². The highest BCUT2D eigenvalue weighted by atomic mass is 16.5. The zero-order chi connectivity index (χ0) is 13.2. The molecule has 0 saturated heterocycles. The molecule has 0 aliphatic carbocycles. The van der Waals surface area contributed by atoms with E-state index >= 15 is 0 Å². The molecule has 1 aromatic rings. The Balaban J connectivity index is 3.64. The van der Waals surface area contributed by atoms with Gasteiger partial charge in [-0.3, -0.25) is 4.79 Å². The van der Waals surface area contributed by atoms with Crippen molar-refractivity contribution in [3.8, 4) is 11.5 Å². The van der Waals surface area contributed by atoms with Crippen molar-refractivity contribution in [2.24, 2.45) is 5.73 Å². The molecule has 0 atom stereocenters. The number of anilines is 3. The van der Waals surface area contributed by atoms with E-state index in [2.05, 4.69) is 0 Å². The van der Waals surface area contributed by atoms with Crippen LogP contribution in [0.5, 0.6) is 11.5 Å². The van der Waals surface area contributed by atoms with Gasteiger partial charge in [0.05, 0.1) is 37.7 Å². The van der Waals surface area contributed by atoms with Gasteiger partial charge in [-0.05, 0) is 0 Å². The summed E-state index contributed by atoms with van der Waals surface area (Å²) >= 11 is 0. The Morgan fingerprint density at radius 2 is 1.47 bits per heavy atom. The van der Waals surface area contributed by atoms with E-state index in [0.717, 1.165) is 0 Å². The highest BCUT2D eigenvalue weighted by Crippen LogP contribution is 2.45. The van der Waals surface area contributed by atoms with Gasteiger partial charge < -0.3 is 32.4 Å². The number of ether oxygens (including phenoxy) is 2. The molecule has 0 aliphatic rings. The summed E-state index contributed by atoms with van der Waals surface area (Å²) in [5, 5.41) is 0. The van der Waals surface area contributed by atoms with Crippen LogP contribution in [0, 0.1) is 0 Å². The summed E-state index contributed by atoms with van der Waals surface area (Å²) in [7, 11) is 2.79. The molecule has 7 nitrogen and oxygen atoms in total. The van der Waals surface area contributed by atoms with Crippen LogP contribution in [0.4, 0.5) is 17.1 Å². The van der Waals surface area contributed by atoms with Crippen LogP contribution in [-0.4, -0.2) is 26.5 Å². The minimum Gasteiger partial charge on any atom is -0.491 e. The van der Waals surface area contributed by atoms with E-state index in [-0.39, 0.29) is 40.7 Å². The van der Waals surface area contributed by atoms with Crippen molar-refractivity contribution in [1.29, 1.82) is 0 Å². The number of rotatable bonds is 4. The fourth-order valence-corrected chi connectivity index (χ4v) is 1.57. The molecule has 0 spiro atoms. The van der Waals surface area contributed by atoms with Crippen LogP contribution in [0.1, 0.15) is 10.4 Å². The van der Waals surface area contributed by atoms with E-state index < -0.39 is 5.78 Å². The quantitative estimate of drug-likeness (QED) is 0.414. The summed E-state index contributed by atoms with van der Waals surface area (Å²) in [6.07, 6.45) is 0. The molecule has 0 heterocycles. The number of hydrogen-bond donors (Lipinski definition) is 4. The lowest BCUT2D eigenvalue weighted by Gasteiger charge is -2.18. The summed E-state index contributed by atoms with van der Waals surface area (Å²) in [4.78, 5) is 11.6. The summed E-state index contributed by atoms with van der Waals surface area (Å²) in [5.74, 6) is -0.0280. The Kier molecular flexibility index (Phi) is 3.64. The molecule has 17 heavy (non-hydrogen) atoms. The average molecular weight is 240 g/mol. The monoisotopic (exact) mass is 240 g/mol. The maximum atomic E-state index is 11.6. The lowest BCUT2D eigenvalue weighted by molar-refractivity contribution is 0.100. The summed E-state index contributed by atoms with van der Waals surface area (Å²) in [6.45, 7) is -0.219. The molecule has 1 aromatic carbocycles. The van der Waals surface area contributed by atoms with Crippen molar-refractivity contribution in [2.75, 3.05) is 38.0 Å². The second-order valence-corrected chi connectivity index (χ2v) is 3.31. The topological polar surface area (TPSA) is 140 Å². The third-order valence-electron chi connectivity index (χ3n) is 2.40. The minimum atomic E-state index is -0.410. The van der Waals surface area contributed by atoms with Gasteiger partial charge in [0.1, 0.15) is 5.69 Å². The molecule has 0 saturated carbocycles. The van der Waals surface area contributed by atoms with Gasteiger partial charge in [0.15, 0.2) is 17.3 Å². The lowest BCUT2D eigenvalue weighted by atomic mass is 10.0. The van der Waals surface area contributed by atoms with Gasteiger partial charge in [0, 0.05) is 0 Å². The lowest BCUT2D eigenvalue weighted by Crippen LogP contribution is -2.19. The van der Waals surface area contributed by atoms with Crippen molar-refractivity contribution in [3.05, 3.63) is 5.56 Å². The van der Waals surface area contributed by atoms with Gasteiger partial charge >= 0.3 is 0 Å². The molecule has 0 fully saturated rings. The number of methoxy groups -OCH3 is 2. The summed E-state index contributed by atoms with van der Waals surface area (Å²) in [6, 6.07) is 0. The number of benzene rings is 1. The van der Waals surface area contributed by atoms with E-state index in [0.29, 0.717) is 0 Å². The smallest absolute Gasteiger partial charge is 0.188 e. The first-order valence-corrected chi connectivity index (χ1v) is 4.81. The Hall–Kier alpha value is -2.15. The molecule has 0 unspecified atom stereocenters. The normalized spacial score (nSPS) is 10.1. The number of ketones is 1.